The van der Waals surface area contributed by atoms with Crippen LogP contribution in [0.1, 0.15) is 36.0 Å². The number of carbonyl (C=O) groups is 1. The van der Waals surface area contributed by atoms with Crippen LogP contribution in [0.15, 0.2) is 4.79 Å². The lowest BCUT2D eigenvalue weighted by molar-refractivity contribution is -0.132. The highest BCUT2D eigenvalue weighted by molar-refractivity contribution is 7.99. The van der Waals surface area contributed by atoms with Gasteiger partial charge in [-0.05, 0) is 53.3 Å². The zero-order chi connectivity index (χ0) is 19.7. The number of likely N-dealkylation sites (N-methyl/N-ethyl adjacent to an activating group) is 1. The Morgan fingerprint density at radius 3 is 2.89 bits per heavy atom. The summed E-state index contributed by atoms with van der Waals surface area (Å²) in [5, 5.41) is 0.539. The van der Waals surface area contributed by atoms with Gasteiger partial charge in [0.2, 0.25) is 5.91 Å². The highest BCUT2D eigenvalue weighted by atomic mass is 32.2. The van der Waals surface area contributed by atoms with Crippen molar-refractivity contribution in [3.8, 4) is 0 Å². The van der Waals surface area contributed by atoms with Crippen LogP contribution in [0.2, 0.25) is 0 Å². The van der Waals surface area contributed by atoms with Gasteiger partial charge < -0.3 is 14.8 Å². The van der Waals surface area contributed by atoms with Crippen LogP contribution in [0, 0.1) is 13.8 Å². The molecule has 0 unspecified atom stereocenters. The number of thiophene rings is 1. The molecular formula is C19H28N4O2S2. The summed E-state index contributed by atoms with van der Waals surface area (Å²) >= 11 is 3.09. The molecule has 0 radical (unpaired) electrons. The molecule has 0 saturated carbocycles. The van der Waals surface area contributed by atoms with Crippen molar-refractivity contribution in [2.75, 3.05) is 27.2 Å². The van der Waals surface area contributed by atoms with E-state index in [1.807, 2.05) is 25.7 Å². The van der Waals surface area contributed by atoms with Crippen molar-refractivity contribution < 1.29 is 4.79 Å². The van der Waals surface area contributed by atoms with E-state index in [2.05, 4.69) is 29.0 Å². The van der Waals surface area contributed by atoms with Crippen LogP contribution in [-0.2, 0) is 10.5 Å². The number of H-pyrrole nitrogens is 1. The van der Waals surface area contributed by atoms with E-state index < -0.39 is 0 Å². The number of carbonyl (C=O) groups excluding carboxylic acids is 1. The molecule has 0 spiro atoms. The van der Waals surface area contributed by atoms with Crippen LogP contribution in [-0.4, -0.2) is 64.2 Å². The van der Waals surface area contributed by atoms with E-state index in [9.17, 15) is 9.59 Å². The number of rotatable bonds is 5. The van der Waals surface area contributed by atoms with Crippen LogP contribution in [0.5, 0.6) is 0 Å². The minimum atomic E-state index is -0.154. The Balaban J connectivity index is 1.65. The van der Waals surface area contributed by atoms with E-state index in [1.165, 1.54) is 11.8 Å². The maximum atomic E-state index is 12.8. The zero-order valence-electron chi connectivity index (χ0n) is 16.7. The first-order chi connectivity index (χ1) is 12.8. The van der Waals surface area contributed by atoms with Crippen LogP contribution in [0.4, 0.5) is 0 Å². The molecule has 1 saturated heterocycles. The number of aromatic amines is 1. The van der Waals surface area contributed by atoms with Gasteiger partial charge in [0.15, 0.2) is 0 Å². The Hall–Kier alpha value is -1.38. The largest absolute Gasteiger partial charge is 0.340 e. The predicted molar refractivity (Wildman–Crippen MR) is 114 cm³/mol. The molecule has 148 valence electrons. The molecule has 3 rings (SSSR count). The lowest BCUT2D eigenvalue weighted by atomic mass is 10.0. The third-order valence-electron chi connectivity index (χ3n) is 5.34. The fourth-order valence-corrected chi connectivity index (χ4v) is 5.36. The molecule has 1 amide bonds. The molecule has 1 aliphatic heterocycles. The SMILES string of the molecule is Cc1sc2nc(CS[C@@H](C)C(=O)N3CCC[C@H](N(C)C)C3)[nH]c(=O)c2c1C. The lowest BCUT2D eigenvalue weighted by Gasteiger charge is -2.37. The van der Waals surface area contributed by atoms with Crippen molar-refractivity contribution in [2.24, 2.45) is 0 Å². The van der Waals surface area contributed by atoms with Crippen molar-refractivity contribution in [1.82, 2.24) is 19.8 Å². The van der Waals surface area contributed by atoms with E-state index in [-0.39, 0.29) is 16.7 Å². The smallest absolute Gasteiger partial charge is 0.259 e. The van der Waals surface area contributed by atoms with Gasteiger partial charge in [-0.2, -0.15) is 0 Å². The Bertz CT molecular complexity index is 890. The number of nitrogens with one attached hydrogen (secondary N) is 1. The van der Waals surface area contributed by atoms with Gasteiger partial charge in [0.25, 0.3) is 5.56 Å². The van der Waals surface area contributed by atoms with E-state index >= 15 is 0 Å². The average Bonchev–Trinajstić information content (AvgIpc) is 2.93. The number of likely N-dealkylation sites (tertiary alicyclic amines) is 1. The number of piperidine rings is 1. The monoisotopic (exact) mass is 408 g/mol. The summed E-state index contributed by atoms with van der Waals surface area (Å²) in [5.41, 5.74) is 0.924. The molecule has 0 bridgehead atoms. The van der Waals surface area contributed by atoms with Gasteiger partial charge >= 0.3 is 0 Å². The number of aromatic nitrogens is 2. The van der Waals surface area contributed by atoms with Crippen molar-refractivity contribution in [2.45, 2.75) is 50.7 Å². The van der Waals surface area contributed by atoms with Gasteiger partial charge in [0, 0.05) is 24.0 Å². The summed E-state index contributed by atoms with van der Waals surface area (Å²) in [6.45, 7) is 7.55. The maximum Gasteiger partial charge on any atom is 0.259 e. The molecule has 2 aromatic rings. The first kappa shape index (κ1) is 20.4. The van der Waals surface area contributed by atoms with Crippen LogP contribution in [0.25, 0.3) is 10.2 Å². The van der Waals surface area contributed by atoms with E-state index in [0.29, 0.717) is 23.0 Å². The summed E-state index contributed by atoms with van der Waals surface area (Å²) in [5.74, 6) is 1.35. The molecule has 1 N–H and O–H groups in total. The number of amides is 1. The Morgan fingerprint density at radius 2 is 2.19 bits per heavy atom. The minimum Gasteiger partial charge on any atom is -0.340 e. The van der Waals surface area contributed by atoms with Gasteiger partial charge in [-0.3, -0.25) is 9.59 Å². The second-order valence-electron chi connectivity index (χ2n) is 7.47. The molecular weight excluding hydrogens is 380 g/mol. The fourth-order valence-electron chi connectivity index (χ4n) is 3.48. The molecule has 1 fully saturated rings. The third kappa shape index (κ3) is 4.38. The van der Waals surface area contributed by atoms with Crippen molar-refractivity contribution in [3.05, 3.63) is 26.6 Å². The average molecular weight is 409 g/mol. The fraction of sp³-hybridized carbons (Fsp3) is 0.632. The van der Waals surface area contributed by atoms with Gasteiger partial charge in [0.05, 0.1) is 16.4 Å². The Morgan fingerprint density at radius 1 is 1.44 bits per heavy atom. The number of aryl methyl sites for hydroxylation is 2. The van der Waals surface area contributed by atoms with Crippen LogP contribution in [0.3, 0.4) is 0 Å². The van der Waals surface area contributed by atoms with Gasteiger partial charge in [-0.1, -0.05) is 0 Å². The summed E-state index contributed by atoms with van der Waals surface area (Å²) in [7, 11) is 4.14. The van der Waals surface area contributed by atoms with Gasteiger partial charge in [0.1, 0.15) is 10.7 Å². The quantitative estimate of drug-likeness (QED) is 0.824. The number of hydrogen-bond acceptors (Lipinski definition) is 6. The minimum absolute atomic E-state index is 0.0821. The zero-order valence-corrected chi connectivity index (χ0v) is 18.3. The summed E-state index contributed by atoms with van der Waals surface area (Å²) in [4.78, 5) is 38.8. The molecule has 2 atom stereocenters. The molecule has 2 aromatic heterocycles. The Labute approximate surface area is 168 Å². The number of hydrogen-bond donors (Lipinski definition) is 1. The van der Waals surface area contributed by atoms with E-state index in [4.69, 9.17) is 0 Å². The molecule has 6 nitrogen and oxygen atoms in total. The highest BCUT2D eigenvalue weighted by Gasteiger charge is 2.28. The molecule has 1 aliphatic rings. The molecule has 27 heavy (non-hydrogen) atoms. The summed E-state index contributed by atoms with van der Waals surface area (Å²) in [6, 6.07) is 0.436. The van der Waals surface area contributed by atoms with Gasteiger partial charge in [-0.15, -0.1) is 23.1 Å². The number of nitrogens with zero attached hydrogens (tertiary/aromatic N) is 3. The van der Waals surface area contributed by atoms with Crippen LogP contribution < -0.4 is 5.56 Å². The molecule has 3 heterocycles. The first-order valence-electron chi connectivity index (χ1n) is 9.33. The third-order valence-corrected chi connectivity index (χ3v) is 7.59. The Kier molecular flexibility index (Phi) is 6.28. The molecule has 0 aliphatic carbocycles. The lowest BCUT2D eigenvalue weighted by Crippen LogP contribution is -2.49. The van der Waals surface area contributed by atoms with Crippen molar-refractivity contribution in [1.29, 1.82) is 0 Å². The van der Waals surface area contributed by atoms with Crippen LogP contribution >= 0.6 is 23.1 Å². The summed E-state index contributed by atoms with van der Waals surface area (Å²) < 4.78 is 0. The molecule has 0 aromatic carbocycles. The topological polar surface area (TPSA) is 69.3 Å². The van der Waals surface area contributed by atoms with Crippen molar-refractivity contribution in [3.63, 3.8) is 0 Å². The predicted octanol–water partition coefficient (Wildman–Crippen LogP) is 2.78. The second kappa shape index (κ2) is 8.32. The van der Waals surface area contributed by atoms with E-state index in [0.717, 1.165) is 41.2 Å². The molecule has 8 heteroatoms. The first-order valence-corrected chi connectivity index (χ1v) is 11.2. The van der Waals surface area contributed by atoms with E-state index in [1.54, 1.807) is 11.3 Å². The number of fused-ring (bicyclic) bond motifs is 1. The standard InChI is InChI=1S/C19H28N4O2S2/c1-11-12(2)27-18-16(11)17(24)20-15(21-18)10-26-13(3)19(25)23-8-6-7-14(9-23)22(4)5/h13-14H,6-10H2,1-5H3,(H,20,21,24)/t13-,14-/m0/s1. The normalized spacial score (nSPS) is 19.0. The second-order valence-corrected chi connectivity index (χ2v) is 10.0. The number of thioether (sulfide) groups is 1. The highest BCUT2D eigenvalue weighted by Crippen LogP contribution is 2.27. The van der Waals surface area contributed by atoms with Crippen molar-refractivity contribution >= 4 is 39.2 Å². The summed E-state index contributed by atoms with van der Waals surface area (Å²) in [6.07, 6.45) is 2.19. The van der Waals surface area contributed by atoms with Gasteiger partial charge in [-0.25, -0.2) is 4.98 Å². The maximum absolute atomic E-state index is 12.8.